The molecule has 0 atom stereocenters. The van der Waals surface area contributed by atoms with E-state index in [0.29, 0.717) is 0 Å². The minimum Gasteiger partial charge on any atom is -0.480 e. The lowest BCUT2D eigenvalue weighted by atomic mass is 9.85. The fraction of sp³-hybridized carbons (Fsp3) is 0.917. The highest BCUT2D eigenvalue weighted by atomic mass is 16.4. The van der Waals surface area contributed by atoms with Gasteiger partial charge in [-0.25, -0.2) is 0 Å². The van der Waals surface area contributed by atoms with Crippen LogP contribution in [0.1, 0.15) is 12.8 Å². The average molecular weight is 241 g/mol. The van der Waals surface area contributed by atoms with Gasteiger partial charge in [-0.1, -0.05) is 0 Å². The molecule has 2 saturated heterocycles. The molecule has 0 radical (unpaired) electrons. The Bertz CT molecular complexity index is 279. The van der Waals surface area contributed by atoms with Crippen LogP contribution in [0.3, 0.4) is 0 Å². The number of hydrogen-bond acceptors (Lipinski definition) is 4. The molecule has 5 nitrogen and oxygen atoms in total. The third-order valence-electron chi connectivity index (χ3n) is 4.32. The van der Waals surface area contributed by atoms with Gasteiger partial charge in [0.2, 0.25) is 0 Å². The number of nitrogens with zero attached hydrogens (tertiary/aromatic N) is 3. The third-order valence-corrected chi connectivity index (χ3v) is 4.32. The van der Waals surface area contributed by atoms with Gasteiger partial charge in [-0.3, -0.25) is 9.69 Å². The van der Waals surface area contributed by atoms with Crippen molar-refractivity contribution in [1.29, 1.82) is 0 Å². The Balaban J connectivity index is 2.09. The molecule has 0 aromatic heterocycles. The van der Waals surface area contributed by atoms with E-state index in [4.69, 9.17) is 0 Å². The lowest BCUT2D eigenvalue weighted by Crippen LogP contribution is -2.63. The summed E-state index contributed by atoms with van der Waals surface area (Å²) >= 11 is 0. The molecular weight excluding hydrogens is 218 g/mol. The Morgan fingerprint density at radius 1 is 0.941 bits per heavy atom. The summed E-state index contributed by atoms with van der Waals surface area (Å²) in [6.07, 6.45) is 1.51. The molecule has 2 aliphatic heterocycles. The fourth-order valence-corrected chi connectivity index (χ4v) is 2.89. The number of piperidine rings is 1. The predicted molar refractivity (Wildman–Crippen MR) is 66.2 cm³/mol. The second-order valence-corrected chi connectivity index (χ2v) is 5.43. The summed E-state index contributed by atoms with van der Waals surface area (Å²) in [6, 6.07) is 0. The van der Waals surface area contributed by atoms with Gasteiger partial charge in [0.25, 0.3) is 0 Å². The summed E-state index contributed by atoms with van der Waals surface area (Å²) in [5.74, 6) is -0.629. The van der Waals surface area contributed by atoms with Crippen molar-refractivity contribution < 1.29 is 9.90 Å². The molecule has 0 spiro atoms. The van der Waals surface area contributed by atoms with Gasteiger partial charge in [0.15, 0.2) is 0 Å². The van der Waals surface area contributed by atoms with Crippen molar-refractivity contribution in [2.45, 2.75) is 18.4 Å². The summed E-state index contributed by atoms with van der Waals surface area (Å²) in [7, 11) is 4.16. The van der Waals surface area contributed by atoms with Crippen molar-refractivity contribution in [3.8, 4) is 0 Å². The molecule has 2 rings (SSSR count). The highest BCUT2D eigenvalue weighted by Gasteiger charge is 2.46. The van der Waals surface area contributed by atoms with E-state index in [9.17, 15) is 9.90 Å². The first kappa shape index (κ1) is 12.8. The summed E-state index contributed by atoms with van der Waals surface area (Å²) in [5, 5.41) is 9.62. The number of hydrogen-bond donors (Lipinski definition) is 1. The minimum atomic E-state index is -0.629. The first-order chi connectivity index (χ1) is 8.04. The lowest BCUT2D eigenvalue weighted by molar-refractivity contribution is -0.156. The quantitative estimate of drug-likeness (QED) is 0.724. The van der Waals surface area contributed by atoms with Crippen LogP contribution >= 0.6 is 0 Å². The number of aliphatic carboxylic acids is 1. The van der Waals surface area contributed by atoms with Crippen LogP contribution in [-0.2, 0) is 4.79 Å². The second kappa shape index (κ2) is 4.92. The molecule has 0 aliphatic carbocycles. The van der Waals surface area contributed by atoms with Crippen molar-refractivity contribution in [3.05, 3.63) is 0 Å². The minimum absolute atomic E-state index is 0.603. The maximum atomic E-state index is 11.7. The Morgan fingerprint density at radius 3 is 1.88 bits per heavy atom. The van der Waals surface area contributed by atoms with Gasteiger partial charge in [-0.15, -0.1) is 0 Å². The number of carboxylic acids is 1. The van der Waals surface area contributed by atoms with Crippen molar-refractivity contribution >= 4 is 5.97 Å². The molecule has 98 valence electrons. The highest BCUT2D eigenvalue weighted by molar-refractivity contribution is 5.79. The van der Waals surface area contributed by atoms with Crippen molar-refractivity contribution in [2.75, 3.05) is 53.4 Å². The van der Waals surface area contributed by atoms with Crippen LogP contribution in [0.15, 0.2) is 0 Å². The van der Waals surface area contributed by atoms with Crippen LogP contribution in [0.2, 0.25) is 0 Å². The fourth-order valence-electron chi connectivity index (χ4n) is 2.89. The van der Waals surface area contributed by atoms with E-state index < -0.39 is 11.5 Å². The molecule has 2 aliphatic rings. The Morgan fingerprint density at radius 2 is 1.41 bits per heavy atom. The maximum absolute atomic E-state index is 11.7. The van der Waals surface area contributed by atoms with E-state index >= 15 is 0 Å². The molecule has 0 unspecified atom stereocenters. The zero-order valence-corrected chi connectivity index (χ0v) is 10.9. The smallest absolute Gasteiger partial charge is 0.324 e. The zero-order valence-electron chi connectivity index (χ0n) is 10.9. The molecule has 0 aromatic rings. The Labute approximate surface area is 103 Å². The van der Waals surface area contributed by atoms with Gasteiger partial charge in [0.1, 0.15) is 5.54 Å². The van der Waals surface area contributed by atoms with Crippen LogP contribution in [0.4, 0.5) is 0 Å². The van der Waals surface area contributed by atoms with Crippen LogP contribution in [-0.4, -0.2) is 84.7 Å². The van der Waals surface area contributed by atoms with E-state index in [1.54, 1.807) is 0 Å². The first-order valence-corrected chi connectivity index (χ1v) is 6.40. The molecule has 0 bridgehead atoms. The molecule has 17 heavy (non-hydrogen) atoms. The number of carboxylic acid groups (broad SMARTS) is 1. The van der Waals surface area contributed by atoms with E-state index in [2.05, 4.69) is 28.8 Å². The topological polar surface area (TPSA) is 47.0 Å². The van der Waals surface area contributed by atoms with Gasteiger partial charge in [-0.05, 0) is 26.9 Å². The van der Waals surface area contributed by atoms with E-state index in [1.165, 1.54) is 0 Å². The highest BCUT2D eigenvalue weighted by Crippen LogP contribution is 2.29. The van der Waals surface area contributed by atoms with Gasteiger partial charge in [0, 0.05) is 39.3 Å². The summed E-state index contributed by atoms with van der Waals surface area (Å²) in [5.41, 5.74) is -0.603. The molecule has 0 saturated carbocycles. The zero-order chi connectivity index (χ0) is 12.5. The normalized spacial score (nSPS) is 28.1. The van der Waals surface area contributed by atoms with E-state index in [1.807, 2.05) is 0 Å². The lowest BCUT2D eigenvalue weighted by Gasteiger charge is -2.47. The molecule has 2 fully saturated rings. The van der Waals surface area contributed by atoms with Crippen LogP contribution in [0.25, 0.3) is 0 Å². The number of likely N-dealkylation sites (tertiary alicyclic amines) is 1. The third kappa shape index (κ3) is 2.46. The standard InChI is InChI=1S/C12H23N3O2/c1-13-5-3-12(4-6-13,11(16)17)15-9-7-14(2)8-10-15/h3-10H2,1-2H3,(H,16,17). The predicted octanol–water partition coefficient (Wildman–Crippen LogP) is -0.217. The van der Waals surface area contributed by atoms with Crippen LogP contribution in [0.5, 0.6) is 0 Å². The van der Waals surface area contributed by atoms with Crippen molar-refractivity contribution in [3.63, 3.8) is 0 Å². The Kier molecular flexibility index (Phi) is 3.70. The maximum Gasteiger partial charge on any atom is 0.324 e. The van der Waals surface area contributed by atoms with Crippen LogP contribution < -0.4 is 0 Å². The first-order valence-electron chi connectivity index (χ1n) is 6.40. The average Bonchev–Trinajstić information content (AvgIpc) is 2.31. The van der Waals surface area contributed by atoms with E-state index in [-0.39, 0.29) is 0 Å². The largest absolute Gasteiger partial charge is 0.480 e. The molecular formula is C12H23N3O2. The molecule has 5 heteroatoms. The number of rotatable bonds is 2. The van der Waals surface area contributed by atoms with Crippen molar-refractivity contribution in [2.24, 2.45) is 0 Å². The molecule has 2 heterocycles. The second-order valence-electron chi connectivity index (χ2n) is 5.43. The number of likely N-dealkylation sites (N-methyl/N-ethyl adjacent to an activating group) is 1. The number of piperazine rings is 1. The van der Waals surface area contributed by atoms with Crippen LogP contribution in [0, 0.1) is 0 Å². The monoisotopic (exact) mass is 241 g/mol. The summed E-state index contributed by atoms with van der Waals surface area (Å²) in [6.45, 7) is 5.49. The number of carbonyl (C=O) groups is 1. The summed E-state index contributed by atoms with van der Waals surface area (Å²) in [4.78, 5) is 18.4. The van der Waals surface area contributed by atoms with Gasteiger partial charge in [0.05, 0.1) is 0 Å². The summed E-state index contributed by atoms with van der Waals surface area (Å²) < 4.78 is 0. The SMILES string of the molecule is CN1CCN(C2(C(=O)O)CCN(C)CC2)CC1. The van der Waals surface area contributed by atoms with Gasteiger partial charge in [-0.2, -0.15) is 0 Å². The Hall–Kier alpha value is -0.650. The molecule has 1 N–H and O–H groups in total. The van der Waals surface area contributed by atoms with Crippen molar-refractivity contribution in [1.82, 2.24) is 14.7 Å². The van der Waals surface area contributed by atoms with E-state index in [0.717, 1.165) is 52.1 Å². The van der Waals surface area contributed by atoms with Gasteiger partial charge < -0.3 is 14.9 Å². The molecule has 0 amide bonds. The molecule has 0 aromatic carbocycles. The van der Waals surface area contributed by atoms with Gasteiger partial charge >= 0.3 is 5.97 Å².